The third-order valence-electron chi connectivity index (χ3n) is 17.7. The minimum absolute atomic E-state index is 0.000513. The highest BCUT2D eigenvalue weighted by Crippen LogP contribution is 2.45. The number of carbonyl (C=O) groups excluding carboxylic acids is 17. The predicted octanol–water partition coefficient (Wildman–Crippen LogP) is 7.67. The van der Waals surface area contributed by atoms with Crippen LogP contribution in [0.15, 0.2) is 26.3 Å². The van der Waals surface area contributed by atoms with Crippen molar-refractivity contribution in [2.45, 2.75) is 237 Å². The first kappa shape index (κ1) is 113. The lowest BCUT2D eigenvalue weighted by Crippen LogP contribution is -2.56. The van der Waals surface area contributed by atoms with Gasteiger partial charge < -0.3 is 118 Å². The van der Waals surface area contributed by atoms with E-state index in [2.05, 4.69) is 120 Å². The van der Waals surface area contributed by atoms with E-state index in [1.165, 1.54) is 62.7 Å². The molecule has 0 bridgehead atoms. The Bertz CT molecular complexity index is 3110. The summed E-state index contributed by atoms with van der Waals surface area (Å²) in [7, 11) is 2.39. The van der Waals surface area contributed by atoms with Gasteiger partial charge in [-0.3, -0.25) is 47.9 Å². The lowest BCUT2D eigenvalue weighted by atomic mass is 9.63. The van der Waals surface area contributed by atoms with Gasteiger partial charge in [-0.2, -0.15) is 0 Å². The molecule has 0 aromatic rings. The van der Waals surface area contributed by atoms with Crippen LogP contribution in [-0.4, -0.2) is 251 Å². The Labute approximate surface area is 703 Å². The first-order valence-corrected chi connectivity index (χ1v) is 39.2. The monoisotopic (exact) mass is 1720 g/mol. The Morgan fingerprint density at radius 2 is 0.775 bits per heavy atom. The molecule has 120 heavy (non-hydrogen) atoms. The summed E-state index contributed by atoms with van der Waals surface area (Å²) in [5, 5.41) is 21.4. The highest BCUT2D eigenvalue weighted by molar-refractivity contribution is 5.78. The first-order chi connectivity index (χ1) is 56.3. The molecule has 3 aliphatic carbocycles. The van der Waals surface area contributed by atoms with E-state index in [4.69, 9.17) is 52.1 Å². The number of ether oxygens (including phenoxy) is 16. The average Bonchev–Trinajstić information content (AvgIpc) is 0.732. The Hall–Kier alpha value is -10.9. The van der Waals surface area contributed by atoms with Gasteiger partial charge in [-0.1, -0.05) is 47.5 Å². The van der Waals surface area contributed by atoms with Crippen molar-refractivity contribution in [1.29, 1.82) is 0 Å². The van der Waals surface area contributed by atoms with Gasteiger partial charge in [-0.25, -0.2) is 33.6 Å². The molecule has 0 aromatic carbocycles. The summed E-state index contributed by atoms with van der Waals surface area (Å²) in [6.07, 6.45) is 0.743. The van der Waals surface area contributed by atoms with Crippen molar-refractivity contribution in [1.82, 2.24) is 42.5 Å². The molecule has 0 aliphatic heterocycles. The molecule has 41 heteroatoms. The van der Waals surface area contributed by atoms with Crippen LogP contribution in [0.25, 0.3) is 0 Å². The van der Waals surface area contributed by atoms with Crippen LogP contribution in [-0.2, 0) is 124 Å². The third-order valence-corrected chi connectivity index (χ3v) is 17.7. The van der Waals surface area contributed by atoms with Crippen LogP contribution in [0.1, 0.15) is 194 Å². The van der Waals surface area contributed by atoms with Crippen LogP contribution >= 0.6 is 0 Å². The third kappa shape index (κ3) is 60.5. The van der Waals surface area contributed by atoms with Gasteiger partial charge >= 0.3 is 96.4 Å². The number of methoxy groups -OCH3 is 2. The van der Waals surface area contributed by atoms with E-state index in [9.17, 15) is 81.5 Å². The van der Waals surface area contributed by atoms with Gasteiger partial charge in [0.1, 0.15) is 90.5 Å². The number of esters is 9. The largest absolute Gasteiger partial charge is 0.469 e. The van der Waals surface area contributed by atoms with E-state index >= 15 is 0 Å². The molecule has 3 saturated carbocycles. The summed E-state index contributed by atoms with van der Waals surface area (Å²) < 4.78 is 77.9. The normalized spacial score (nSPS) is 18.4. The molecule has 3 aliphatic rings. The second-order valence-electron chi connectivity index (χ2n) is 29.5. The lowest BCUT2D eigenvalue weighted by molar-refractivity contribution is -0.147. The number of hydrogen-bond donors (Lipinski definition) is 8. The summed E-state index contributed by atoms with van der Waals surface area (Å²) >= 11 is 0. The fraction of sp³-hybridized carbons (Fsp3) is 0.734. The maximum Gasteiger partial charge on any atom is 0.408 e. The zero-order valence-corrected chi connectivity index (χ0v) is 73.2. The summed E-state index contributed by atoms with van der Waals surface area (Å²) in [5.41, 5.74) is -0.572. The number of carbonyl (C=O) groups is 17. The molecule has 3 fully saturated rings. The van der Waals surface area contributed by atoms with Crippen molar-refractivity contribution in [2.24, 2.45) is 34.0 Å². The van der Waals surface area contributed by atoms with Crippen molar-refractivity contribution in [3.05, 3.63) is 26.3 Å². The molecule has 0 heterocycles. The second-order valence-corrected chi connectivity index (χ2v) is 29.5. The van der Waals surface area contributed by atoms with Crippen molar-refractivity contribution < 1.29 is 157 Å². The molecule has 10 unspecified atom stereocenters. The van der Waals surface area contributed by atoms with Gasteiger partial charge in [0.05, 0.1) is 40.2 Å². The van der Waals surface area contributed by atoms with Crippen LogP contribution in [0.4, 0.5) is 33.6 Å². The SMILES string of the molecule is C=C.C=C.CC(=O)OCC(C)OC(=O)NCC1CCCCC1CNC(=O)OC(C)COC(C)=O.CC(=O)OCCOC(=O)NC(C)C1CCC(C)(C)CC1NC(=O)OCCOC(C)=O.CC(=O)OCCOC(=O)NCNC(=O)CCOC(C)=O.COC(=O)CC(CC(=O)OC)OC(=O)NC1CC(C)(C)CCC1(C)CNC(=O)OC(C)COC(C)=O. The number of rotatable bonds is 38. The highest BCUT2D eigenvalue weighted by atomic mass is 16.6. The maximum absolute atomic E-state index is 12.8. The van der Waals surface area contributed by atoms with Crippen LogP contribution in [0.2, 0.25) is 0 Å². The Kier molecular flexibility index (Phi) is 60.4. The maximum atomic E-state index is 12.8. The minimum Gasteiger partial charge on any atom is -0.469 e. The van der Waals surface area contributed by atoms with Gasteiger partial charge in [-0.15, -0.1) is 26.3 Å². The molecule has 0 saturated heterocycles. The molecule has 0 spiro atoms. The van der Waals surface area contributed by atoms with Gasteiger partial charge in [0.2, 0.25) is 5.91 Å². The molecular formula is C79H134N8O33. The van der Waals surface area contributed by atoms with E-state index in [-0.39, 0.29) is 151 Å². The molecule has 10 atom stereocenters. The second kappa shape index (κ2) is 64.1. The zero-order chi connectivity index (χ0) is 92.2. The topological polar surface area (TPSA) is 534 Å². The van der Waals surface area contributed by atoms with E-state index < -0.39 is 126 Å². The molecular weight excluding hydrogens is 1590 g/mol. The molecule has 3 rings (SSSR count). The first-order valence-electron chi connectivity index (χ1n) is 39.2. The van der Waals surface area contributed by atoms with E-state index in [0.717, 1.165) is 51.4 Å². The lowest BCUT2D eigenvalue weighted by Gasteiger charge is -2.47. The van der Waals surface area contributed by atoms with Crippen LogP contribution in [0.5, 0.6) is 0 Å². The van der Waals surface area contributed by atoms with Crippen molar-refractivity contribution in [3.63, 3.8) is 0 Å². The number of alkyl carbamates (subject to hydrolysis) is 7. The molecule has 8 N–H and O–H groups in total. The van der Waals surface area contributed by atoms with Crippen molar-refractivity contribution >= 4 is 102 Å². The van der Waals surface area contributed by atoms with Crippen molar-refractivity contribution in [2.75, 3.05) is 107 Å². The standard InChI is InChI=1S/C24H40N2O10.2C20H34N2O8.C11H18N2O7.2C2H4/c1-15(13-34-16(2)27)35-21(30)25-14-24(5)9-8-23(3,4)12-18(24)26-22(31)36-17(10-19(28)32-6)11-20(29)33-7;1-13(21-18(25)29-10-8-27-14(2)23)16-6-7-20(4,5)12-17(16)22-19(26)30-11-9-28-15(3)24;1-13(11-27-15(3)23)29-19(25)21-9-17-7-5-6-8-18(17)10-22-20(26)30-14(2)12-28-16(4)24;1-8(14)18-4-3-10(16)12-7-13-11(17)20-6-5-19-9(2)15;2*1-2/h15,17-18H,8-14H2,1-7H3,(H,25,30)(H,26,31);13,16-17H,6-12H2,1-5H3,(H,21,25)(H,22,26);13-14,17-18H,5-12H2,1-4H3,(H,21,25)(H,22,26);3-7H2,1-2H3,(H,12,16)(H,13,17);2*1-2H2. The number of nitrogens with one attached hydrogen (secondary N) is 8. The highest BCUT2D eigenvalue weighted by Gasteiger charge is 2.45. The van der Waals surface area contributed by atoms with Gasteiger partial charge in [0, 0.05) is 91.6 Å². The van der Waals surface area contributed by atoms with Gasteiger partial charge in [-0.05, 0) is 108 Å². The Morgan fingerprint density at radius 1 is 0.392 bits per heavy atom. The zero-order valence-electron chi connectivity index (χ0n) is 73.2. The van der Waals surface area contributed by atoms with E-state index in [0.29, 0.717) is 25.9 Å². The van der Waals surface area contributed by atoms with E-state index in [1.54, 1.807) is 20.8 Å². The Balaban J connectivity index is -0.00000152. The fourth-order valence-corrected chi connectivity index (χ4v) is 11.7. The smallest absolute Gasteiger partial charge is 0.408 e. The van der Waals surface area contributed by atoms with Gasteiger partial charge in [0.15, 0.2) is 0 Å². The number of hydrogen-bond acceptors (Lipinski definition) is 33. The minimum atomic E-state index is -1.06. The molecule has 0 aromatic heterocycles. The summed E-state index contributed by atoms with van der Waals surface area (Å²) in [6.45, 7) is 38.7. The van der Waals surface area contributed by atoms with Crippen molar-refractivity contribution in [3.8, 4) is 0 Å². The van der Waals surface area contributed by atoms with Gasteiger partial charge in [0.25, 0.3) is 0 Å². The average molecular weight is 1720 g/mol. The van der Waals surface area contributed by atoms with Crippen LogP contribution in [0.3, 0.4) is 0 Å². The molecule has 0 radical (unpaired) electrons. The quantitative estimate of drug-likeness (QED) is 0.00965. The van der Waals surface area contributed by atoms with E-state index in [1.807, 2.05) is 13.8 Å². The number of amides is 8. The molecule has 8 amide bonds. The molecule has 41 nitrogen and oxygen atoms in total. The summed E-state index contributed by atoms with van der Waals surface area (Å²) in [6, 6.07) is -0.843. The van der Waals surface area contributed by atoms with Crippen LogP contribution < -0.4 is 42.5 Å². The summed E-state index contributed by atoms with van der Waals surface area (Å²) in [4.78, 5) is 194. The fourth-order valence-electron chi connectivity index (χ4n) is 11.7. The molecule has 688 valence electrons. The summed E-state index contributed by atoms with van der Waals surface area (Å²) in [5.74, 6) is -4.39. The van der Waals surface area contributed by atoms with Crippen LogP contribution in [0, 0.1) is 34.0 Å². The Morgan fingerprint density at radius 3 is 1.19 bits per heavy atom. The predicted molar refractivity (Wildman–Crippen MR) is 428 cm³/mol.